The van der Waals surface area contributed by atoms with Crippen LogP contribution in [0.2, 0.25) is 0 Å². The molecule has 0 unspecified atom stereocenters. The Bertz CT molecular complexity index is 864. The van der Waals surface area contributed by atoms with Crippen molar-refractivity contribution >= 4 is 10.9 Å². The van der Waals surface area contributed by atoms with E-state index in [4.69, 9.17) is 0 Å². The van der Waals surface area contributed by atoms with Crippen LogP contribution in [0, 0.1) is 6.92 Å². The molecule has 0 N–H and O–H groups in total. The Morgan fingerprint density at radius 3 is 2.86 bits per heavy atom. The van der Waals surface area contributed by atoms with E-state index in [0.29, 0.717) is 5.39 Å². The average molecular weight is 297 g/mol. The molecule has 3 rings (SSSR count). The van der Waals surface area contributed by atoms with E-state index >= 15 is 0 Å². The summed E-state index contributed by atoms with van der Waals surface area (Å²) in [6.45, 7) is 6.80. The predicted octanol–water partition coefficient (Wildman–Crippen LogP) is 2.32. The molecule has 0 aliphatic heterocycles. The van der Waals surface area contributed by atoms with Crippen molar-refractivity contribution in [2.24, 2.45) is 0 Å². The summed E-state index contributed by atoms with van der Waals surface area (Å²) in [5.41, 5.74) is 1.76. The van der Waals surface area contributed by atoms with E-state index in [0.717, 1.165) is 29.9 Å². The maximum absolute atomic E-state index is 12.7. The minimum Gasteiger partial charge on any atom is -0.288 e. The van der Waals surface area contributed by atoms with Crippen molar-refractivity contribution in [1.82, 2.24) is 24.3 Å². The van der Waals surface area contributed by atoms with Gasteiger partial charge >= 0.3 is 0 Å². The van der Waals surface area contributed by atoms with E-state index in [-0.39, 0.29) is 11.6 Å². The van der Waals surface area contributed by atoms with E-state index in [1.54, 1.807) is 10.9 Å². The highest BCUT2D eigenvalue weighted by atomic mass is 16.1. The predicted molar refractivity (Wildman–Crippen MR) is 84.9 cm³/mol. The van der Waals surface area contributed by atoms with Gasteiger partial charge in [0.1, 0.15) is 12.2 Å². The van der Waals surface area contributed by atoms with Gasteiger partial charge in [-0.2, -0.15) is 5.10 Å². The third kappa shape index (κ3) is 2.41. The van der Waals surface area contributed by atoms with Gasteiger partial charge in [-0.15, -0.1) is 0 Å². The first kappa shape index (κ1) is 14.4. The molecular weight excluding hydrogens is 278 g/mol. The number of fused-ring (bicyclic) bond motifs is 1. The Labute approximate surface area is 128 Å². The van der Waals surface area contributed by atoms with Gasteiger partial charge in [0.25, 0.3) is 5.56 Å². The largest absolute Gasteiger partial charge is 0.288 e. The molecule has 0 radical (unpaired) electrons. The smallest absolute Gasteiger partial charge is 0.261 e. The Morgan fingerprint density at radius 2 is 2.09 bits per heavy atom. The first-order valence-corrected chi connectivity index (χ1v) is 7.47. The Morgan fingerprint density at radius 1 is 1.27 bits per heavy atom. The monoisotopic (exact) mass is 297 g/mol. The number of hydrogen-bond acceptors (Lipinski definition) is 4. The number of hydrogen-bond donors (Lipinski definition) is 0. The van der Waals surface area contributed by atoms with Crippen molar-refractivity contribution in [1.29, 1.82) is 0 Å². The molecule has 1 aromatic carbocycles. The van der Waals surface area contributed by atoms with E-state index in [1.165, 1.54) is 6.33 Å². The van der Waals surface area contributed by atoms with Gasteiger partial charge in [-0.1, -0.05) is 13.0 Å². The SMILES string of the molecule is CCCn1ncnc1[C@H](C)n1cnc2cc(C)ccc2c1=O. The lowest BCUT2D eigenvalue weighted by atomic mass is 10.1. The Balaban J connectivity index is 2.09. The second-order valence-electron chi connectivity index (χ2n) is 5.49. The molecule has 22 heavy (non-hydrogen) atoms. The molecule has 114 valence electrons. The molecule has 0 aliphatic carbocycles. The fourth-order valence-electron chi connectivity index (χ4n) is 2.63. The normalized spacial score (nSPS) is 12.7. The summed E-state index contributed by atoms with van der Waals surface area (Å²) in [5, 5.41) is 4.85. The summed E-state index contributed by atoms with van der Waals surface area (Å²) < 4.78 is 3.46. The number of aryl methyl sites for hydroxylation is 2. The van der Waals surface area contributed by atoms with E-state index in [2.05, 4.69) is 22.0 Å². The highest BCUT2D eigenvalue weighted by molar-refractivity contribution is 5.77. The molecule has 0 saturated carbocycles. The molecule has 0 aliphatic rings. The van der Waals surface area contributed by atoms with Crippen molar-refractivity contribution in [3.63, 3.8) is 0 Å². The summed E-state index contributed by atoms with van der Waals surface area (Å²) in [6, 6.07) is 5.48. The fourth-order valence-corrected chi connectivity index (χ4v) is 2.63. The topological polar surface area (TPSA) is 65.6 Å². The van der Waals surface area contributed by atoms with Crippen LogP contribution in [0.5, 0.6) is 0 Å². The number of benzene rings is 1. The van der Waals surface area contributed by atoms with Crippen LogP contribution in [0.25, 0.3) is 10.9 Å². The number of rotatable bonds is 4. The van der Waals surface area contributed by atoms with Crippen LogP contribution in [0.4, 0.5) is 0 Å². The van der Waals surface area contributed by atoms with Gasteiger partial charge in [0.15, 0.2) is 0 Å². The zero-order chi connectivity index (χ0) is 15.7. The van der Waals surface area contributed by atoms with Gasteiger partial charge in [-0.3, -0.25) is 9.36 Å². The number of aromatic nitrogens is 5. The lowest BCUT2D eigenvalue weighted by Gasteiger charge is -2.15. The molecule has 0 saturated heterocycles. The van der Waals surface area contributed by atoms with E-state index in [1.807, 2.05) is 36.7 Å². The molecular formula is C16H19N5O. The summed E-state index contributed by atoms with van der Waals surface area (Å²) in [6.07, 6.45) is 4.09. The minimum absolute atomic E-state index is 0.0523. The second-order valence-corrected chi connectivity index (χ2v) is 5.49. The zero-order valence-electron chi connectivity index (χ0n) is 13.0. The maximum atomic E-state index is 12.7. The van der Waals surface area contributed by atoms with E-state index in [9.17, 15) is 4.79 Å². The van der Waals surface area contributed by atoms with Crippen LogP contribution in [0.1, 0.15) is 37.7 Å². The minimum atomic E-state index is -0.209. The second kappa shape index (κ2) is 5.71. The van der Waals surface area contributed by atoms with Crippen LogP contribution in [-0.4, -0.2) is 24.3 Å². The highest BCUT2D eigenvalue weighted by Crippen LogP contribution is 2.15. The van der Waals surface area contributed by atoms with Crippen LogP contribution in [0.15, 0.2) is 35.6 Å². The molecule has 6 nitrogen and oxygen atoms in total. The van der Waals surface area contributed by atoms with Crippen molar-refractivity contribution in [3.8, 4) is 0 Å². The van der Waals surface area contributed by atoms with Gasteiger partial charge in [0.2, 0.25) is 0 Å². The standard InChI is InChI=1S/C16H19N5O/c1-4-7-21-15(17-9-19-21)12(3)20-10-18-14-8-11(2)5-6-13(14)16(20)22/h5-6,8-10,12H,4,7H2,1-3H3/t12-/m0/s1. The quantitative estimate of drug-likeness (QED) is 0.741. The zero-order valence-corrected chi connectivity index (χ0v) is 13.0. The van der Waals surface area contributed by atoms with Crippen molar-refractivity contribution in [2.75, 3.05) is 0 Å². The van der Waals surface area contributed by atoms with Crippen molar-refractivity contribution in [2.45, 2.75) is 39.8 Å². The third-order valence-electron chi connectivity index (χ3n) is 3.81. The molecule has 3 aromatic rings. The van der Waals surface area contributed by atoms with Crippen LogP contribution < -0.4 is 5.56 Å². The first-order chi connectivity index (χ1) is 10.6. The molecule has 1 atom stereocenters. The van der Waals surface area contributed by atoms with Crippen molar-refractivity contribution < 1.29 is 0 Å². The molecule has 6 heteroatoms. The van der Waals surface area contributed by atoms with Gasteiger partial charge in [0, 0.05) is 6.54 Å². The Hall–Kier alpha value is -2.50. The lowest BCUT2D eigenvalue weighted by molar-refractivity contribution is 0.497. The summed E-state index contributed by atoms with van der Waals surface area (Å²) in [5.74, 6) is 0.775. The summed E-state index contributed by atoms with van der Waals surface area (Å²) >= 11 is 0. The third-order valence-corrected chi connectivity index (χ3v) is 3.81. The lowest BCUT2D eigenvalue weighted by Crippen LogP contribution is -2.26. The van der Waals surface area contributed by atoms with Crippen LogP contribution in [0.3, 0.4) is 0 Å². The molecule has 0 spiro atoms. The summed E-state index contributed by atoms with van der Waals surface area (Å²) in [4.78, 5) is 21.4. The molecule has 0 amide bonds. The average Bonchev–Trinajstić information content (AvgIpc) is 2.95. The van der Waals surface area contributed by atoms with Gasteiger partial charge in [-0.25, -0.2) is 14.6 Å². The van der Waals surface area contributed by atoms with Crippen molar-refractivity contribution in [3.05, 3.63) is 52.6 Å². The summed E-state index contributed by atoms with van der Waals surface area (Å²) in [7, 11) is 0. The van der Waals surface area contributed by atoms with Crippen LogP contribution in [-0.2, 0) is 6.54 Å². The van der Waals surface area contributed by atoms with Gasteiger partial charge in [-0.05, 0) is 38.0 Å². The molecule has 0 fully saturated rings. The first-order valence-electron chi connectivity index (χ1n) is 7.47. The molecule has 2 heterocycles. The Kier molecular flexibility index (Phi) is 3.75. The molecule has 0 bridgehead atoms. The maximum Gasteiger partial charge on any atom is 0.261 e. The van der Waals surface area contributed by atoms with Gasteiger partial charge < -0.3 is 0 Å². The fraction of sp³-hybridized carbons (Fsp3) is 0.375. The van der Waals surface area contributed by atoms with Crippen LogP contribution >= 0.6 is 0 Å². The van der Waals surface area contributed by atoms with E-state index < -0.39 is 0 Å². The van der Waals surface area contributed by atoms with Gasteiger partial charge in [0.05, 0.1) is 23.3 Å². The number of nitrogens with zero attached hydrogens (tertiary/aromatic N) is 5. The molecule has 2 aromatic heterocycles. The highest BCUT2D eigenvalue weighted by Gasteiger charge is 2.17.